The van der Waals surface area contributed by atoms with Crippen LogP contribution in [-0.2, 0) is 21.6 Å². The molecule has 0 amide bonds. The van der Waals surface area contributed by atoms with E-state index in [2.05, 4.69) is 10.1 Å². The molecule has 0 aliphatic rings. The van der Waals surface area contributed by atoms with Gasteiger partial charge in [0.05, 0.1) is 16.3 Å². The number of nitrogens with zero attached hydrogens (tertiary/aromatic N) is 3. The number of halogens is 3. The summed E-state index contributed by atoms with van der Waals surface area (Å²) in [5.74, 6) is -0.477. The average molecular weight is 425 g/mol. The summed E-state index contributed by atoms with van der Waals surface area (Å²) < 4.78 is 65.3. The van der Waals surface area contributed by atoms with Gasteiger partial charge in [-0.25, -0.2) is 18.1 Å². The van der Waals surface area contributed by atoms with Crippen LogP contribution in [0.4, 0.5) is 13.2 Å². The van der Waals surface area contributed by atoms with E-state index in [0.717, 1.165) is 23.1 Å². The molecule has 1 N–H and O–H groups in total. The Morgan fingerprint density at radius 3 is 2.34 bits per heavy atom. The molecule has 0 aliphatic carbocycles. The quantitative estimate of drug-likeness (QED) is 0.691. The van der Waals surface area contributed by atoms with E-state index in [0.29, 0.717) is 5.56 Å². The molecule has 29 heavy (non-hydrogen) atoms. The summed E-state index contributed by atoms with van der Waals surface area (Å²) >= 11 is 0. The maximum atomic E-state index is 13.5. The second-order valence-electron chi connectivity index (χ2n) is 7.06. The molecular weight excluding hydrogens is 407 g/mol. The summed E-state index contributed by atoms with van der Waals surface area (Å²) in [7, 11) is -3.54. The standard InChI is InChI=1S/C19H18F3N3O3S/c1-18(2,26)16-11-15(12-6-4-7-13(10-12)29(3,27)28)25(24-16)17-14(19(20,21)22)8-5-9-23-17/h4-11,26H,1-3H3. The Morgan fingerprint density at radius 2 is 1.76 bits per heavy atom. The first-order valence-electron chi connectivity index (χ1n) is 8.44. The zero-order valence-electron chi connectivity index (χ0n) is 15.8. The number of aromatic nitrogens is 3. The molecule has 0 atom stereocenters. The highest BCUT2D eigenvalue weighted by Gasteiger charge is 2.36. The van der Waals surface area contributed by atoms with Gasteiger partial charge in [-0.1, -0.05) is 12.1 Å². The first-order chi connectivity index (χ1) is 13.3. The Bertz CT molecular complexity index is 1160. The fraction of sp³-hybridized carbons (Fsp3) is 0.263. The predicted octanol–water partition coefficient (Wildman–Crippen LogP) is 3.58. The number of aliphatic hydroxyl groups is 1. The van der Waals surface area contributed by atoms with Crippen LogP contribution in [0.2, 0.25) is 0 Å². The minimum Gasteiger partial charge on any atom is -0.384 e. The molecule has 0 spiro atoms. The number of pyridine rings is 1. The van der Waals surface area contributed by atoms with Crippen LogP contribution in [0, 0.1) is 0 Å². The van der Waals surface area contributed by atoms with Gasteiger partial charge in [0.15, 0.2) is 15.7 Å². The van der Waals surface area contributed by atoms with Crippen LogP contribution in [0.3, 0.4) is 0 Å². The van der Waals surface area contributed by atoms with Crippen LogP contribution in [0.25, 0.3) is 17.1 Å². The molecule has 154 valence electrons. The molecule has 3 rings (SSSR count). The summed E-state index contributed by atoms with van der Waals surface area (Å²) in [6.45, 7) is 2.89. The van der Waals surface area contributed by atoms with E-state index in [-0.39, 0.29) is 16.3 Å². The van der Waals surface area contributed by atoms with E-state index < -0.39 is 33.0 Å². The van der Waals surface area contributed by atoms with E-state index in [9.17, 15) is 26.7 Å². The van der Waals surface area contributed by atoms with Gasteiger partial charge in [-0.15, -0.1) is 0 Å². The third-order valence-corrected chi connectivity index (χ3v) is 5.30. The summed E-state index contributed by atoms with van der Waals surface area (Å²) in [6, 6.07) is 9.21. The lowest BCUT2D eigenvalue weighted by Crippen LogP contribution is -2.18. The van der Waals surface area contributed by atoms with Gasteiger partial charge in [0, 0.05) is 18.0 Å². The average Bonchev–Trinajstić information content (AvgIpc) is 3.06. The van der Waals surface area contributed by atoms with E-state index in [1.165, 1.54) is 44.3 Å². The summed E-state index contributed by atoms with van der Waals surface area (Å²) in [6.07, 6.45) is -2.45. The Morgan fingerprint density at radius 1 is 1.07 bits per heavy atom. The monoisotopic (exact) mass is 425 g/mol. The maximum absolute atomic E-state index is 13.5. The van der Waals surface area contributed by atoms with Crippen molar-refractivity contribution in [3.63, 3.8) is 0 Å². The summed E-state index contributed by atoms with van der Waals surface area (Å²) in [5, 5.41) is 14.5. The topological polar surface area (TPSA) is 85.1 Å². The minimum absolute atomic E-state index is 0.00428. The van der Waals surface area contributed by atoms with E-state index in [1.54, 1.807) is 6.07 Å². The third-order valence-electron chi connectivity index (χ3n) is 4.19. The molecule has 0 saturated carbocycles. The fourth-order valence-electron chi connectivity index (χ4n) is 2.72. The number of rotatable bonds is 4. The van der Waals surface area contributed by atoms with E-state index >= 15 is 0 Å². The van der Waals surface area contributed by atoms with Gasteiger partial charge in [-0.05, 0) is 44.2 Å². The van der Waals surface area contributed by atoms with E-state index in [4.69, 9.17) is 0 Å². The highest BCUT2D eigenvalue weighted by molar-refractivity contribution is 7.90. The zero-order valence-corrected chi connectivity index (χ0v) is 16.6. The molecule has 0 saturated heterocycles. The predicted molar refractivity (Wildman–Crippen MR) is 100 cm³/mol. The molecule has 0 unspecified atom stereocenters. The third kappa shape index (κ3) is 4.33. The van der Waals surface area contributed by atoms with Gasteiger partial charge in [0.2, 0.25) is 0 Å². The van der Waals surface area contributed by atoms with Gasteiger partial charge < -0.3 is 5.11 Å². The van der Waals surface area contributed by atoms with Crippen LogP contribution in [0.5, 0.6) is 0 Å². The molecule has 0 aliphatic heterocycles. The molecule has 2 heterocycles. The van der Waals surface area contributed by atoms with Crippen molar-refractivity contribution in [2.75, 3.05) is 6.26 Å². The first-order valence-corrected chi connectivity index (χ1v) is 10.3. The van der Waals surface area contributed by atoms with Crippen molar-refractivity contribution < 1.29 is 26.7 Å². The number of benzene rings is 1. The van der Waals surface area contributed by atoms with Crippen LogP contribution < -0.4 is 0 Å². The molecule has 10 heteroatoms. The zero-order chi connectivity index (χ0) is 21.6. The Balaban J connectivity index is 2.32. The molecule has 0 fully saturated rings. The molecule has 1 aromatic carbocycles. The largest absolute Gasteiger partial charge is 0.420 e. The molecular formula is C19H18F3N3O3S. The Kier molecular flexibility index (Phi) is 5.04. The SMILES string of the molecule is CC(C)(O)c1cc(-c2cccc(S(C)(=O)=O)c2)n(-c2ncccc2C(F)(F)F)n1. The second-order valence-corrected chi connectivity index (χ2v) is 9.07. The summed E-state index contributed by atoms with van der Waals surface area (Å²) in [5.41, 5.74) is -1.87. The first kappa shape index (κ1) is 21.0. The van der Waals surface area contributed by atoms with Crippen molar-refractivity contribution in [1.29, 1.82) is 0 Å². The van der Waals surface area contributed by atoms with Crippen molar-refractivity contribution in [3.05, 3.63) is 59.9 Å². The van der Waals surface area contributed by atoms with Crippen molar-refractivity contribution in [1.82, 2.24) is 14.8 Å². The smallest absolute Gasteiger partial charge is 0.384 e. The van der Waals surface area contributed by atoms with Gasteiger partial charge in [-0.3, -0.25) is 0 Å². The number of hydrogen-bond donors (Lipinski definition) is 1. The van der Waals surface area contributed by atoms with Gasteiger partial charge in [-0.2, -0.15) is 18.3 Å². The van der Waals surface area contributed by atoms with Crippen LogP contribution in [0.15, 0.2) is 53.6 Å². The number of sulfone groups is 1. The molecule has 2 aromatic heterocycles. The second kappa shape index (κ2) is 6.96. The van der Waals surface area contributed by atoms with Crippen LogP contribution in [0.1, 0.15) is 25.1 Å². The molecule has 0 bridgehead atoms. The summed E-state index contributed by atoms with van der Waals surface area (Å²) in [4.78, 5) is 3.85. The molecule has 3 aromatic rings. The number of hydrogen-bond acceptors (Lipinski definition) is 5. The highest BCUT2D eigenvalue weighted by Crippen LogP contribution is 2.36. The van der Waals surface area contributed by atoms with Crippen molar-refractivity contribution >= 4 is 9.84 Å². The van der Waals surface area contributed by atoms with Crippen LogP contribution in [-0.4, -0.2) is 34.5 Å². The van der Waals surface area contributed by atoms with Crippen molar-refractivity contribution in [2.45, 2.75) is 30.5 Å². The van der Waals surface area contributed by atoms with Crippen molar-refractivity contribution in [2.24, 2.45) is 0 Å². The minimum atomic E-state index is -4.68. The molecule has 0 radical (unpaired) electrons. The lowest BCUT2D eigenvalue weighted by Gasteiger charge is -2.15. The normalized spacial score (nSPS) is 12.9. The molecule has 6 nitrogen and oxygen atoms in total. The Labute approximate surface area is 165 Å². The van der Waals surface area contributed by atoms with Gasteiger partial charge in [0.25, 0.3) is 0 Å². The van der Waals surface area contributed by atoms with Gasteiger partial charge in [0.1, 0.15) is 11.2 Å². The lowest BCUT2D eigenvalue weighted by molar-refractivity contribution is -0.137. The fourth-order valence-corrected chi connectivity index (χ4v) is 3.39. The van der Waals surface area contributed by atoms with Crippen LogP contribution >= 0.6 is 0 Å². The Hall–Kier alpha value is -2.72. The number of alkyl halides is 3. The van der Waals surface area contributed by atoms with Crippen molar-refractivity contribution in [3.8, 4) is 17.1 Å². The van der Waals surface area contributed by atoms with E-state index in [1.807, 2.05) is 0 Å². The van der Waals surface area contributed by atoms with Gasteiger partial charge >= 0.3 is 6.18 Å². The highest BCUT2D eigenvalue weighted by atomic mass is 32.2. The lowest BCUT2D eigenvalue weighted by atomic mass is 10.0. The maximum Gasteiger partial charge on any atom is 0.420 e.